The Hall–Kier alpha value is -1.90. The van der Waals surface area contributed by atoms with Gasteiger partial charge in [-0.1, -0.05) is 107 Å². The lowest BCUT2D eigenvalue weighted by Crippen LogP contribution is -2.66. The maximum atomic E-state index is 7.05. The van der Waals surface area contributed by atoms with Crippen LogP contribution in [-0.2, 0) is 4.43 Å². The number of allylic oxidation sites excluding steroid dienone is 3. The van der Waals surface area contributed by atoms with E-state index in [0.29, 0.717) is 0 Å². The summed E-state index contributed by atoms with van der Waals surface area (Å²) < 4.78 is 7.05. The zero-order chi connectivity index (χ0) is 20.4. The van der Waals surface area contributed by atoms with Gasteiger partial charge in [-0.3, -0.25) is 0 Å². The molecule has 0 aliphatic heterocycles. The quantitative estimate of drug-likeness (QED) is 0.538. The molecule has 1 nitrogen and oxygen atoms in total. The summed E-state index contributed by atoms with van der Waals surface area (Å²) in [6, 6.07) is 21.8. The van der Waals surface area contributed by atoms with E-state index in [0.717, 1.165) is 19.4 Å². The second-order valence-electron chi connectivity index (χ2n) is 9.42. The molecule has 0 fully saturated rings. The fourth-order valence-corrected chi connectivity index (χ4v) is 9.23. The summed E-state index contributed by atoms with van der Waals surface area (Å²) in [5.41, 5.74) is 2.81. The maximum Gasteiger partial charge on any atom is 0.261 e. The van der Waals surface area contributed by atoms with Crippen LogP contribution in [0.25, 0.3) is 0 Å². The van der Waals surface area contributed by atoms with Crippen LogP contribution in [0.15, 0.2) is 84.5 Å². The van der Waals surface area contributed by atoms with Crippen LogP contribution >= 0.6 is 0 Å². The van der Waals surface area contributed by atoms with E-state index in [-0.39, 0.29) is 10.5 Å². The number of rotatable bonds is 7. The second kappa shape index (κ2) is 7.85. The third kappa shape index (κ3) is 3.68. The summed E-state index contributed by atoms with van der Waals surface area (Å²) in [5.74, 6) is 0. The van der Waals surface area contributed by atoms with E-state index in [1.807, 2.05) is 0 Å². The van der Waals surface area contributed by atoms with Gasteiger partial charge in [0, 0.05) is 6.61 Å². The summed E-state index contributed by atoms with van der Waals surface area (Å²) in [5, 5.41) is 2.73. The van der Waals surface area contributed by atoms with Gasteiger partial charge in [0.1, 0.15) is 0 Å². The molecule has 3 rings (SSSR count). The lowest BCUT2D eigenvalue weighted by Gasteiger charge is -2.45. The van der Waals surface area contributed by atoms with Crippen molar-refractivity contribution in [3.63, 3.8) is 0 Å². The Balaban J connectivity index is 1.96. The fourth-order valence-electron chi connectivity index (χ4n) is 4.67. The lowest BCUT2D eigenvalue weighted by molar-refractivity contribution is 0.219. The Morgan fingerprint density at radius 1 is 1.00 bits per heavy atom. The fraction of sp³-hybridized carbons (Fsp3) is 0.385. The van der Waals surface area contributed by atoms with Crippen LogP contribution in [0.2, 0.25) is 5.04 Å². The Morgan fingerprint density at radius 2 is 1.50 bits per heavy atom. The third-order valence-corrected chi connectivity index (χ3v) is 11.3. The van der Waals surface area contributed by atoms with Crippen LogP contribution in [0.4, 0.5) is 0 Å². The van der Waals surface area contributed by atoms with Crippen LogP contribution < -0.4 is 10.4 Å². The predicted molar refractivity (Wildman–Crippen MR) is 124 cm³/mol. The predicted octanol–water partition coefficient (Wildman–Crippen LogP) is 5.87. The van der Waals surface area contributed by atoms with Crippen molar-refractivity contribution in [3.8, 4) is 0 Å². The van der Waals surface area contributed by atoms with Gasteiger partial charge in [0.05, 0.1) is 0 Å². The van der Waals surface area contributed by atoms with Gasteiger partial charge in [-0.15, -0.1) is 0 Å². The smallest absolute Gasteiger partial charge is 0.261 e. The molecule has 2 aromatic rings. The average Bonchev–Trinajstić information content (AvgIpc) is 2.64. The van der Waals surface area contributed by atoms with E-state index in [1.54, 1.807) is 0 Å². The van der Waals surface area contributed by atoms with Crippen LogP contribution in [0, 0.1) is 5.41 Å². The highest BCUT2D eigenvalue weighted by atomic mass is 28.4. The van der Waals surface area contributed by atoms with Crippen LogP contribution in [0.1, 0.15) is 47.5 Å². The van der Waals surface area contributed by atoms with Gasteiger partial charge in [-0.05, 0) is 46.2 Å². The normalized spacial score (nSPS) is 19.7. The molecule has 0 amide bonds. The van der Waals surface area contributed by atoms with Crippen LogP contribution in [-0.4, -0.2) is 14.9 Å². The molecular formula is C26H34OSi. The largest absolute Gasteiger partial charge is 0.407 e. The van der Waals surface area contributed by atoms with E-state index in [2.05, 4.69) is 108 Å². The van der Waals surface area contributed by atoms with E-state index in [4.69, 9.17) is 4.43 Å². The van der Waals surface area contributed by atoms with Gasteiger partial charge in [0.2, 0.25) is 0 Å². The number of hydrogen-bond donors (Lipinski definition) is 0. The lowest BCUT2D eigenvalue weighted by atomic mass is 9.66. The number of benzene rings is 2. The Kier molecular flexibility index (Phi) is 5.83. The summed E-state index contributed by atoms with van der Waals surface area (Å²) in [6.45, 7) is 16.4. The highest BCUT2D eigenvalue weighted by molar-refractivity contribution is 6.99. The first-order valence-corrected chi connectivity index (χ1v) is 12.2. The first kappa shape index (κ1) is 20.8. The van der Waals surface area contributed by atoms with Crippen molar-refractivity contribution < 1.29 is 4.43 Å². The minimum Gasteiger partial charge on any atom is -0.407 e. The monoisotopic (exact) mass is 390 g/mol. The van der Waals surface area contributed by atoms with Gasteiger partial charge in [-0.2, -0.15) is 0 Å². The standard InChI is InChI=1S/C26H34OSi/c1-21(2)24-17-18-26(24,6)19-20-27-28(25(3,4)5,22-13-9-7-10-14-22)23-15-11-8-12-16-23/h7-17H,1,18-20H2,2-6H3. The van der Waals surface area contributed by atoms with E-state index in [1.165, 1.54) is 21.5 Å². The third-order valence-electron chi connectivity index (χ3n) is 6.26. The molecule has 28 heavy (non-hydrogen) atoms. The molecule has 0 saturated carbocycles. The summed E-state index contributed by atoms with van der Waals surface area (Å²) in [6.07, 6.45) is 4.49. The second-order valence-corrected chi connectivity index (χ2v) is 13.7. The molecule has 1 unspecified atom stereocenters. The molecule has 0 heterocycles. The molecule has 0 radical (unpaired) electrons. The van der Waals surface area contributed by atoms with E-state index < -0.39 is 8.32 Å². The minimum absolute atomic E-state index is 0.0310. The van der Waals surface area contributed by atoms with Crippen LogP contribution in [0.5, 0.6) is 0 Å². The van der Waals surface area contributed by atoms with Crippen molar-refractivity contribution >= 4 is 18.7 Å². The van der Waals surface area contributed by atoms with Gasteiger partial charge in [0.25, 0.3) is 8.32 Å². The highest BCUT2D eigenvalue weighted by Gasteiger charge is 2.50. The number of hydrogen-bond acceptors (Lipinski definition) is 1. The molecule has 2 aromatic carbocycles. The Bertz CT molecular complexity index is 806. The van der Waals surface area contributed by atoms with Crippen molar-refractivity contribution in [2.45, 2.75) is 52.5 Å². The molecule has 2 heteroatoms. The molecule has 0 saturated heterocycles. The van der Waals surface area contributed by atoms with Gasteiger partial charge < -0.3 is 4.43 Å². The average molecular weight is 391 g/mol. The van der Waals surface area contributed by atoms with Crippen molar-refractivity contribution in [2.24, 2.45) is 5.41 Å². The minimum atomic E-state index is -2.43. The first-order chi connectivity index (χ1) is 13.2. The highest BCUT2D eigenvalue weighted by Crippen LogP contribution is 2.47. The summed E-state index contributed by atoms with van der Waals surface area (Å²) in [7, 11) is -2.43. The van der Waals surface area contributed by atoms with Gasteiger partial charge >= 0.3 is 0 Å². The molecule has 1 aliphatic carbocycles. The summed E-state index contributed by atoms with van der Waals surface area (Å²) in [4.78, 5) is 0. The van der Waals surface area contributed by atoms with Gasteiger partial charge in [-0.25, -0.2) is 0 Å². The molecule has 1 aliphatic rings. The Morgan fingerprint density at radius 3 is 1.86 bits per heavy atom. The molecular weight excluding hydrogens is 356 g/mol. The summed E-state index contributed by atoms with van der Waals surface area (Å²) >= 11 is 0. The molecule has 0 spiro atoms. The molecule has 1 atom stereocenters. The van der Waals surface area contributed by atoms with Crippen molar-refractivity contribution in [2.75, 3.05) is 6.61 Å². The zero-order valence-electron chi connectivity index (χ0n) is 18.1. The van der Waals surface area contributed by atoms with Crippen molar-refractivity contribution in [1.29, 1.82) is 0 Å². The Labute approximate surface area is 172 Å². The van der Waals surface area contributed by atoms with Crippen molar-refractivity contribution in [1.82, 2.24) is 0 Å². The van der Waals surface area contributed by atoms with Crippen LogP contribution in [0.3, 0.4) is 0 Å². The molecule has 0 bridgehead atoms. The van der Waals surface area contributed by atoms with Crippen molar-refractivity contribution in [3.05, 3.63) is 84.5 Å². The molecule has 148 valence electrons. The maximum absolute atomic E-state index is 7.05. The molecule has 0 N–H and O–H groups in total. The SMILES string of the molecule is C=C(C)C1=CCC1(C)CCO[Si](c1ccccc1)(c1ccccc1)C(C)(C)C. The van der Waals surface area contributed by atoms with E-state index >= 15 is 0 Å². The topological polar surface area (TPSA) is 9.23 Å². The molecule has 0 aromatic heterocycles. The van der Waals surface area contributed by atoms with E-state index in [9.17, 15) is 0 Å². The zero-order valence-corrected chi connectivity index (χ0v) is 19.1. The van der Waals surface area contributed by atoms with Gasteiger partial charge in [0.15, 0.2) is 0 Å². The first-order valence-electron chi connectivity index (χ1n) is 10.3.